The number of hydrogen-bond donors (Lipinski definition) is 1. The highest BCUT2D eigenvalue weighted by molar-refractivity contribution is 9.10. The van der Waals surface area contributed by atoms with Crippen LogP contribution in [0.25, 0.3) is 0 Å². The number of H-pyrrole nitrogens is 1. The Balaban J connectivity index is 2.56. The van der Waals surface area contributed by atoms with Gasteiger partial charge in [-0.25, -0.2) is 0 Å². The molecule has 0 aliphatic rings. The molecular weight excluding hydrogens is 250 g/mol. The SMILES string of the molecule is CC(=O)OCCc1c[nH]c(=O)c(Br)c1. The first-order chi connectivity index (χ1) is 6.59. The second kappa shape index (κ2) is 4.95. The average Bonchev–Trinajstić information content (AvgIpc) is 2.10. The normalized spacial score (nSPS) is 9.86. The minimum atomic E-state index is -0.298. The first-order valence-corrected chi connectivity index (χ1v) is 4.89. The van der Waals surface area contributed by atoms with E-state index in [9.17, 15) is 9.59 Å². The molecule has 0 amide bonds. The van der Waals surface area contributed by atoms with Crippen LogP contribution in [0.4, 0.5) is 0 Å². The topological polar surface area (TPSA) is 59.2 Å². The summed E-state index contributed by atoms with van der Waals surface area (Å²) in [6, 6.07) is 1.71. The van der Waals surface area contributed by atoms with Crippen LogP contribution in [0.1, 0.15) is 12.5 Å². The fourth-order valence-electron chi connectivity index (χ4n) is 0.954. The van der Waals surface area contributed by atoms with Gasteiger partial charge in [0, 0.05) is 19.5 Å². The van der Waals surface area contributed by atoms with Crippen molar-refractivity contribution >= 4 is 21.9 Å². The Bertz CT molecular complexity index is 386. The second-order valence-corrected chi connectivity index (χ2v) is 3.63. The van der Waals surface area contributed by atoms with Gasteiger partial charge in [-0.2, -0.15) is 0 Å². The van der Waals surface area contributed by atoms with Crippen molar-refractivity contribution in [3.63, 3.8) is 0 Å². The van der Waals surface area contributed by atoms with Gasteiger partial charge in [0.2, 0.25) is 0 Å². The van der Waals surface area contributed by atoms with Gasteiger partial charge < -0.3 is 9.72 Å². The number of ether oxygens (including phenoxy) is 1. The number of carbonyl (C=O) groups is 1. The Labute approximate surface area is 89.4 Å². The van der Waals surface area contributed by atoms with Crippen LogP contribution < -0.4 is 5.56 Å². The Morgan fingerprint density at radius 1 is 1.64 bits per heavy atom. The van der Waals surface area contributed by atoms with Crippen molar-refractivity contribution in [2.75, 3.05) is 6.61 Å². The number of nitrogens with one attached hydrogen (secondary N) is 1. The van der Waals surface area contributed by atoms with Gasteiger partial charge >= 0.3 is 5.97 Å². The molecule has 5 heteroatoms. The highest BCUT2D eigenvalue weighted by Gasteiger charge is 1.99. The lowest BCUT2D eigenvalue weighted by Gasteiger charge is -2.01. The first kappa shape index (κ1) is 11.0. The zero-order valence-corrected chi connectivity index (χ0v) is 9.26. The quantitative estimate of drug-likeness (QED) is 0.832. The lowest BCUT2D eigenvalue weighted by molar-refractivity contribution is -0.140. The number of esters is 1. The van der Waals surface area contributed by atoms with E-state index in [1.54, 1.807) is 12.3 Å². The fourth-order valence-corrected chi connectivity index (χ4v) is 1.36. The molecule has 76 valence electrons. The first-order valence-electron chi connectivity index (χ1n) is 4.10. The van der Waals surface area contributed by atoms with E-state index in [0.717, 1.165) is 5.56 Å². The van der Waals surface area contributed by atoms with E-state index in [4.69, 9.17) is 4.74 Å². The van der Waals surface area contributed by atoms with Crippen molar-refractivity contribution in [1.82, 2.24) is 4.98 Å². The summed E-state index contributed by atoms with van der Waals surface area (Å²) in [5, 5.41) is 0. The molecule has 1 aromatic rings. The second-order valence-electron chi connectivity index (χ2n) is 2.78. The summed E-state index contributed by atoms with van der Waals surface area (Å²) in [6.45, 7) is 1.69. The van der Waals surface area contributed by atoms with Crippen LogP contribution in [0.15, 0.2) is 21.5 Å². The van der Waals surface area contributed by atoms with Gasteiger partial charge in [-0.05, 0) is 27.6 Å². The number of aromatic nitrogens is 1. The van der Waals surface area contributed by atoms with Crippen LogP contribution in [-0.4, -0.2) is 17.6 Å². The summed E-state index contributed by atoms with van der Waals surface area (Å²) in [4.78, 5) is 24.0. The molecule has 1 heterocycles. The van der Waals surface area contributed by atoms with Crippen LogP contribution in [0.5, 0.6) is 0 Å². The monoisotopic (exact) mass is 259 g/mol. The molecule has 14 heavy (non-hydrogen) atoms. The van der Waals surface area contributed by atoms with E-state index in [-0.39, 0.29) is 11.5 Å². The van der Waals surface area contributed by atoms with Gasteiger partial charge in [-0.1, -0.05) is 0 Å². The van der Waals surface area contributed by atoms with Gasteiger partial charge in [0.25, 0.3) is 5.56 Å². The summed E-state index contributed by atoms with van der Waals surface area (Å²) in [6.07, 6.45) is 2.20. The van der Waals surface area contributed by atoms with E-state index in [2.05, 4.69) is 20.9 Å². The fraction of sp³-hybridized carbons (Fsp3) is 0.333. The molecule has 0 radical (unpaired) electrons. The van der Waals surface area contributed by atoms with Crippen molar-refractivity contribution in [2.24, 2.45) is 0 Å². The summed E-state index contributed by atoms with van der Waals surface area (Å²) in [7, 11) is 0. The minimum absolute atomic E-state index is 0.166. The van der Waals surface area contributed by atoms with E-state index in [1.165, 1.54) is 6.92 Å². The molecule has 0 aliphatic carbocycles. The lowest BCUT2D eigenvalue weighted by atomic mass is 10.2. The largest absolute Gasteiger partial charge is 0.466 e. The predicted octanol–water partition coefficient (Wildman–Crippen LogP) is 1.24. The Morgan fingerprint density at radius 2 is 2.36 bits per heavy atom. The molecule has 1 N–H and O–H groups in total. The van der Waals surface area contributed by atoms with Crippen LogP contribution in [-0.2, 0) is 16.0 Å². The molecular formula is C9H10BrNO3. The number of pyridine rings is 1. The summed E-state index contributed by atoms with van der Waals surface area (Å²) in [5.74, 6) is -0.298. The van der Waals surface area contributed by atoms with Crippen molar-refractivity contribution in [3.8, 4) is 0 Å². The summed E-state index contributed by atoms with van der Waals surface area (Å²) >= 11 is 3.12. The Kier molecular flexibility index (Phi) is 3.88. The maximum Gasteiger partial charge on any atom is 0.302 e. The van der Waals surface area contributed by atoms with E-state index in [0.29, 0.717) is 17.5 Å². The third-order valence-corrected chi connectivity index (χ3v) is 2.20. The summed E-state index contributed by atoms with van der Waals surface area (Å²) in [5.41, 5.74) is 0.749. The molecule has 0 bridgehead atoms. The standard InChI is InChI=1S/C9H10BrNO3/c1-6(12)14-3-2-7-4-8(10)9(13)11-5-7/h4-5H,2-3H2,1H3,(H,11,13). The maximum atomic E-state index is 11.0. The van der Waals surface area contributed by atoms with Crippen LogP contribution >= 0.6 is 15.9 Å². The third kappa shape index (κ3) is 3.33. The number of hydrogen-bond acceptors (Lipinski definition) is 3. The Hall–Kier alpha value is -1.10. The lowest BCUT2D eigenvalue weighted by Crippen LogP contribution is -2.08. The average molecular weight is 260 g/mol. The number of carbonyl (C=O) groups excluding carboxylic acids is 1. The van der Waals surface area contributed by atoms with Gasteiger partial charge in [-0.15, -0.1) is 0 Å². The van der Waals surface area contributed by atoms with E-state index >= 15 is 0 Å². The van der Waals surface area contributed by atoms with Crippen molar-refractivity contribution in [1.29, 1.82) is 0 Å². The zero-order chi connectivity index (χ0) is 10.6. The summed E-state index contributed by atoms with van der Waals surface area (Å²) < 4.78 is 5.25. The number of rotatable bonds is 3. The van der Waals surface area contributed by atoms with Crippen LogP contribution in [0.2, 0.25) is 0 Å². The van der Waals surface area contributed by atoms with Gasteiger partial charge in [0.1, 0.15) is 0 Å². The van der Waals surface area contributed by atoms with Gasteiger partial charge in [0.05, 0.1) is 11.1 Å². The van der Waals surface area contributed by atoms with Crippen molar-refractivity contribution in [2.45, 2.75) is 13.3 Å². The molecule has 0 saturated heterocycles. The van der Waals surface area contributed by atoms with E-state index in [1.807, 2.05) is 0 Å². The third-order valence-electron chi connectivity index (χ3n) is 1.61. The molecule has 1 rings (SSSR count). The smallest absolute Gasteiger partial charge is 0.302 e. The molecule has 0 fully saturated rings. The molecule has 0 saturated carbocycles. The zero-order valence-electron chi connectivity index (χ0n) is 7.67. The molecule has 0 aromatic carbocycles. The molecule has 0 aliphatic heterocycles. The van der Waals surface area contributed by atoms with Gasteiger partial charge in [0.15, 0.2) is 0 Å². The van der Waals surface area contributed by atoms with Crippen molar-refractivity contribution in [3.05, 3.63) is 32.7 Å². The van der Waals surface area contributed by atoms with Crippen LogP contribution in [0, 0.1) is 0 Å². The molecule has 0 atom stereocenters. The predicted molar refractivity (Wildman–Crippen MR) is 55.1 cm³/mol. The molecule has 0 unspecified atom stereocenters. The molecule has 1 aromatic heterocycles. The minimum Gasteiger partial charge on any atom is -0.466 e. The Morgan fingerprint density at radius 3 is 2.93 bits per heavy atom. The highest BCUT2D eigenvalue weighted by Crippen LogP contribution is 2.05. The maximum absolute atomic E-state index is 11.0. The number of halogens is 1. The molecule has 0 spiro atoms. The highest BCUT2D eigenvalue weighted by atomic mass is 79.9. The number of aromatic amines is 1. The van der Waals surface area contributed by atoms with Crippen molar-refractivity contribution < 1.29 is 9.53 Å². The van der Waals surface area contributed by atoms with Gasteiger partial charge in [-0.3, -0.25) is 9.59 Å². The van der Waals surface area contributed by atoms with E-state index < -0.39 is 0 Å². The van der Waals surface area contributed by atoms with Crippen LogP contribution in [0.3, 0.4) is 0 Å². The molecule has 4 nitrogen and oxygen atoms in total.